The summed E-state index contributed by atoms with van der Waals surface area (Å²) in [5.41, 5.74) is 3.94. The van der Waals surface area contributed by atoms with Crippen LogP contribution >= 0.6 is 11.3 Å². The number of ether oxygens (including phenoxy) is 1. The number of carbonyl (C=O) groups is 1. The minimum Gasteiger partial charge on any atom is -0.497 e. The first-order valence-electron chi connectivity index (χ1n) is 13.2. The van der Waals surface area contributed by atoms with Crippen LogP contribution in [0, 0.1) is 0 Å². The molecule has 3 aromatic carbocycles. The van der Waals surface area contributed by atoms with Gasteiger partial charge in [-0.15, -0.1) is 15.7 Å². The first kappa shape index (κ1) is 29.9. The van der Waals surface area contributed by atoms with Crippen molar-refractivity contribution in [3.63, 3.8) is 0 Å². The van der Waals surface area contributed by atoms with Crippen molar-refractivity contribution in [2.45, 2.75) is 69.6 Å². The first-order chi connectivity index (χ1) is 18.7. The Kier molecular flexibility index (Phi) is 8.52. The van der Waals surface area contributed by atoms with Crippen molar-refractivity contribution in [1.82, 2.24) is 4.98 Å². The Morgan fingerprint density at radius 1 is 1.02 bits per heavy atom. The topological polar surface area (TPSA) is 115 Å². The molecule has 4 aromatic rings. The second kappa shape index (κ2) is 11.4. The minimum atomic E-state index is -3.50. The SMILES string of the molecule is COc1ccc2cc(-c3cc(C(C)C)c(CC(=O)N=S(N)(=O)c4cnc(C(C)(C)O)s4)c(C(C)C)c3)ccc2c1. The minimum absolute atomic E-state index is 0.00976. The third kappa shape index (κ3) is 6.44. The van der Waals surface area contributed by atoms with E-state index >= 15 is 0 Å². The zero-order valence-corrected chi connectivity index (χ0v) is 25.7. The van der Waals surface area contributed by atoms with Crippen molar-refractivity contribution in [3.8, 4) is 16.9 Å². The molecule has 0 fully saturated rings. The molecule has 212 valence electrons. The van der Waals surface area contributed by atoms with Crippen LogP contribution in [0.1, 0.15) is 75.1 Å². The largest absolute Gasteiger partial charge is 0.497 e. The third-order valence-electron chi connectivity index (χ3n) is 6.81. The van der Waals surface area contributed by atoms with Crippen molar-refractivity contribution in [2.75, 3.05) is 7.11 Å². The maximum Gasteiger partial charge on any atom is 0.259 e. The predicted molar refractivity (Wildman–Crippen MR) is 163 cm³/mol. The van der Waals surface area contributed by atoms with Crippen molar-refractivity contribution in [3.05, 3.63) is 76.4 Å². The summed E-state index contributed by atoms with van der Waals surface area (Å²) in [4.78, 5) is 17.3. The lowest BCUT2D eigenvalue weighted by Gasteiger charge is -2.21. The molecular weight excluding hydrogens is 542 g/mol. The fourth-order valence-corrected chi connectivity index (χ4v) is 6.84. The monoisotopic (exact) mass is 579 g/mol. The van der Waals surface area contributed by atoms with Crippen LogP contribution < -0.4 is 9.88 Å². The molecular formula is C31H37N3O4S2. The lowest BCUT2D eigenvalue weighted by molar-refractivity contribution is -0.117. The normalized spacial score (nSPS) is 13.6. The fraction of sp³-hybridized carbons (Fsp3) is 0.355. The number of fused-ring (bicyclic) bond motifs is 1. The van der Waals surface area contributed by atoms with Crippen molar-refractivity contribution < 1.29 is 18.8 Å². The molecule has 0 aliphatic carbocycles. The van der Waals surface area contributed by atoms with Gasteiger partial charge in [-0.2, -0.15) is 0 Å². The number of amides is 1. The Hall–Kier alpha value is -3.11. The van der Waals surface area contributed by atoms with E-state index in [0.717, 1.165) is 55.7 Å². The average molecular weight is 580 g/mol. The highest BCUT2D eigenvalue weighted by Gasteiger charge is 2.24. The number of aromatic nitrogens is 1. The fourth-order valence-electron chi connectivity index (χ4n) is 4.71. The number of carbonyl (C=O) groups excluding carboxylic acids is 1. The van der Waals surface area contributed by atoms with Crippen LogP contribution in [0.4, 0.5) is 0 Å². The molecule has 1 heterocycles. The van der Waals surface area contributed by atoms with Crippen LogP contribution in [0.3, 0.4) is 0 Å². The van der Waals surface area contributed by atoms with Gasteiger partial charge in [0, 0.05) is 0 Å². The second-order valence-corrected chi connectivity index (χ2v) is 14.2. The molecule has 0 radical (unpaired) electrons. The van der Waals surface area contributed by atoms with Gasteiger partial charge in [-0.3, -0.25) is 4.79 Å². The maximum absolute atomic E-state index is 13.2. The highest BCUT2D eigenvalue weighted by Crippen LogP contribution is 2.36. The highest BCUT2D eigenvalue weighted by atomic mass is 32.2. The summed E-state index contributed by atoms with van der Waals surface area (Å²) in [7, 11) is -1.84. The number of aliphatic hydroxyl groups is 1. The number of rotatable bonds is 8. The molecule has 0 aliphatic heterocycles. The molecule has 0 aliphatic rings. The van der Waals surface area contributed by atoms with E-state index in [2.05, 4.69) is 73.4 Å². The number of thiazole rings is 1. The van der Waals surface area contributed by atoms with E-state index in [1.165, 1.54) is 6.20 Å². The highest BCUT2D eigenvalue weighted by molar-refractivity contribution is 7.93. The number of methoxy groups -OCH3 is 1. The molecule has 1 atom stereocenters. The summed E-state index contributed by atoms with van der Waals surface area (Å²) >= 11 is 0.999. The summed E-state index contributed by atoms with van der Waals surface area (Å²) in [6, 6.07) is 16.7. The number of hydrogen-bond acceptors (Lipinski definition) is 6. The molecule has 3 N–H and O–H groups in total. The zero-order chi connectivity index (χ0) is 29.4. The molecule has 7 nitrogen and oxygen atoms in total. The molecule has 0 spiro atoms. The summed E-state index contributed by atoms with van der Waals surface area (Å²) in [6.45, 7) is 11.6. The van der Waals surface area contributed by atoms with E-state index in [4.69, 9.17) is 9.88 Å². The van der Waals surface area contributed by atoms with E-state index < -0.39 is 21.4 Å². The Balaban J connectivity index is 1.74. The Morgan fingerprint density at radius 2 is 1.62 bits per heavy atom. The first-order valence-corrected chi connectivity index (χ1v) is 15.6. The van der Waals surface area contributed by atoms with Crippen LogP contribution in [-0.2, 0) is 26.7 Å². The van der Waals surface area contributed by atoms with Gasteiger partial charge < -0.3 is 9.84 Å². The Morgan fingerprint density at radius 3 is 2.17 bits per heavy atom. The summed E-state index contributed by atoms with van der Waals surface area (Å²) in [5.74, 6) is 0.547. The molecule has 0 saturated carbocycles. The molecule has 0 saturated heterocycles. The van der Waals surface area contributed by atoms with Gasteiger partial charge in [0.05, 0.1) is 19.7 Å². The van der Waals surface area contributed by atoms with Gasteiger partial charge in [0.25, 0.3) is 5.91 Å². The van der Waals surface area contributed by atoms with Crippen molar-refractivity contribution in [2.24, 2.45) is 9.50 Å². The van der Waals surface area contributed by atoms with Gasteiger partial charge >= 0.3 is 0 Å². The van der Waals surface area contributed by atoms with E-state index in [1.54, 1.807) is 21.0 Å². The Bertz CT molecular complexity index is 1660. The lowest BCUT2D eigenvalue weighted by atomic mass is 9.83. The molecule has 9 heteroatoms. The van der Waals surface area contributed by atoms with E-state index in [-0.39, 0.29) is 22.5 Å². The molecule has 4 rings (SSSR count). The standard InChI is InChI=1S/C31H37N3O4S2/c1-18(2)25-14-23(21-8-9-22-13-24(38-7)11-10-20(22)12-21)15-26(19(3)4)27(25)16-28(35)34-40(32,37)29-17-33-30(39-29)31(5,6)36/h8-15,17-19,36H,16H2,1-7H3,(H2,32,34,35,37). The van der Waals surface area contributed by atoms with Gasteiger partial charge in [0.15, 0.2) is 9.92 Å². The second-order valence-electron chi connectivity index (χ2n) is 11.1. The smallest absolute Gasteiger partial charge is 0.259 e. The molecule has 1 amide bonds. The molecule has 0 bridgehead atoms. The summed E-state index contributed by atoms with van der Waals surface area (Å²) < 4.78 is 22.7. The van der Waals surface area contributed by atoms with Crippen LogP contribution in [0.15, 0.2) is 63.3 Å². The van der Waals surface area contributed by atoms with Crippen molar-refractivity contribution >= 4 is 37.9 Å². The molecule has 1 aromatic heterocycles. The van der Waals surface area contributed by atoms with Gasteiger partial charge in [-0.1, -0.05) is 58.0 Å². The van der Waals surface area contributed by atoms with Crippen LogP contribution in [0.25, 0.3) is 21.9 Å². The third-order valence-corrected chi connectivity index (χ3v) is 10.0. The zero-order valence-electron chi connectivity index (χ0n) is 24.0. The maximum atomic E-state index is 13.2. The van der Waals surface area contributed by atoms with Crippen LogP contribution in [0.5, 0.6) is 5.75 Å². The number of hydrogen-bond donors (Lipinski definition) is 2. The molecule has 1 unspecified atom stereocenters. The van der Waals surface area contributed by atoms with Gasteiger partial charge in [0.1, 0.15) is 20.6 Å². The number of nitrogens with two attached hydrogens (primary N) is 1. The van der Waals surface area contributed by atoms with Gasteiger partial charge in [0.2, 0.25) is 0 Å². The average Bonchev–Trinajstić information content (AvgIpc) is 3.40. The number of nitrogens with zero attached hydrogens (tertiary/aromatic N) is 2. The molecule has 40 heavy (non-hydrogen) atoms. The van der Waals surface area contributed by atoms with Gasteiger partial charge in [-0.05, 0) is 82.5 Å². The number of benzene rings is 3. The summed E-state index contributed by atoms with van der Waals surface area (Å²) in [5, 5.41) is 18.8. The van der Waals surface area contributed by atoms with Crippen LogP contribution in [-0.4, -0.2) is 27.3 Å². The Labute approximate surface area is 240 Å². The lowest BCUT2D eigenvalue weighted by Crippen LogP contribution is -2.16. The quantitative estimate of drug-likeness (QED) is 0.235. The van der Waals surface area contributed by atoms with E-state index in [1.807, 2.05) is 12.1 Å². The van der Waals surface area contributed by atoms with E-state index in [0.29, 0.717) is 5.01 Å². The van der Waals surface area contributed by atoms with Crippen LogP contribution in [0.2, 0.25) is 0 Å². The van der Waals surface area contributed by atoms with Crippen molar-refractivity contribution in [1.29, 1.82) is 0 Å². The van der Waals surface area contributed by atoms with E-state index in [9.17, 15) is 14.1 Å². The predicted octanol–water partition coefficient (Wildman–Crippen LogP) is 6.92. The summed E-state index contributed by atoms with van der Waals surface area (Å²) in [6.07, 6.45) is 1.31. The van der Waals surface area contributed by atoms with Gasteiger partial charge in [-0.25, -0.2) is 14.3 Å².